The Kier molecular flexibility index (Phi) is 9.19. The van der Waals surface area contributed by atoms with E-state index in [0.717, 1.165) is 15.4 Å². The first-order valence-electron chi connectivity index (χ1n) is 12.3. The molecular weight excluding hydrogens is 572 g/mol. The molecule has 3 aromatic rings. The maximum atomic E-state index is 13.5. The molecule has 3 aromatic carbocycles. The van der Waals surface area contributed by atoms with Gasteiger partial charge in [-0.2, -0.15) is 0 Å². The molecule has 2 amide bonds. The average Bonchev–Trinajstić information content (AvgIpc) is 3.19. The van der Waals surface area contributed by atoms with Gasteiger partial charge >= 0.3 is 0 Å². The Morgan fingerprint density at radius 1 is 1.12 bits per heavy atom. The fourth-order valence-corrected chi connectivity index (χ4v) is 6.15. The molecule has 12 heteroatoms. The summed E-state index contributed by atoms with van der Waals surface area (Å²) in [5.74, 6) is 0.0775. The van der Waals surface area contributed by atoms with Gasteiger partial charge in [0.25, 0.3) is 0 Å². The summed E-state index contributed by atoms with van der Waals surface area (Å²) < 4.78 is 31.6. The Bertz CT molecular complexity index is 1560. The molecule has 0 aromatic heterocycles. The van der Waals surface area contributed by atoms with E-state index in [1.807, 2.05) is 19.1 Å². The topological polar surface area (TPSA) is 108 Å². The van der Waals surface area contributed by atoms with E-state index in [2.05, 4.69) is 10.3 Å². The molecule has 1 atom stereocenters. The quantitative estimate of drug-likeness (QED) is 0.367. The highest BCUT2D eigenvalue weighted by Crippen LogP contribution is 2.34. The number of amides is 2. The Morgan fingerprint density at radius 3 is 2.50 bits per heavy atom. The van der Waals surface area contributed by atoms with E-state index in [9.17, 15) is 18.0 Å². The van der Waals surface area contributed by atoms with Crippen LogP contribution in [0.3, 0.4) is 0 Å². The standard InChI is InChI=1S/C28H29ClN4O5S2/c1-18-8-11-21(15-24(18)29)30-26(34)16-25-27(35)33(17-19-9-12-22(38-4)13-10-19)28(39-25)31-20-6-5-7-23(14-20)40(36,37)32(2)3/h5-15,25H,16-17H2,1-4H3,(H,30,34)/t25-/m1/s1. The van der Waals surface area contributed by atoms with E-state index in [1.54, 1.807) is 49.6 Å². The summed E-state index contributed by atoms with van der Waals surface area (Å²) in [5, 5.41) is 2.99. The minimum atomic E-state index is -3.67. The molecule has 0 radical (unpaired) electrons. The second-order valence-corrected chi connectivity index (χ2v) is 13.0. The number of hydrogen-bond acceptors (Lipinski definition) is 7. The first kappa shape index (κ1) is 29.6. The van der Waals surface area contributed by atoms with Gasteiger partial charge in [0.2, 0.25) is 21.8 Å². The Hall–Kier alpha value is -3.38. The summed E-state index contributed by atoms with van der Waals surface area (Å²) in [7, 11) is 0.811. The summed E-state index contributed by atoms with van der Waals surface area (Å²) in [4.78, 5) is 32.6. The van der Waals surface area contributed by atoms with Gasteiger partial charge in [0, 0.05) is 31.2 Å². The van der Waals surface area contributed by atoms with E-state index in [-0.39, 0.29) is 29.7 Å². The fraction of sp³-hybridized carbons (Fsp3) is 0.250. The third-order valence-corrected chi connectivity index (χ3v) is 9.56. The van der Waals surface area contributed by atoms with Crippen LogP contribution in [-0.4, -0.2) is 61.1 Å². The highest BCUT2D eigenvalue weighted by molar-refractivity contribution is 8.15. The van der Waals surface area contributed by atoms with Crippen molar-refractivity contribution >= 4 is 61.7 Å². The summed E-state index contributed by atoms with van der Waals surface area (Å²) in [6.45, 7) is 2.09. The van der Waals surface area contributed by atoms with Crippen molar-refractivity contribution in [2.24, 2.45) is 4.99 Å². The molecule has 0 aliphatic carbocycles. The minimum Gasteiger partial charge on any atom is -0.497 e. The number of carbonyl (C=O) groups excluding carboxylic acids is 2. The van der Waals surface area contributed by atoms with Crippen LogP contribution < -0.4 is 10.1 Å². The van der Waals surface area contributed by atoms with Gasteiger partial charge in [0.1, 0.15) is 11.0 Å². The third-order valence-electron chi connectivity index (χ3n) is 6.17. The molecule has 0 unspecified atom stereocenters. The molecule has 1 saturated heterocycles. The number of aryl methyl sites for hydroxylation is 1. The number of anilines is 1. The van der Waals surface area contributed by atoms with Crippen LogP contribution in [0.2, 0.25) is 5.02 Å². The van der Waals surface area contributed by atoms with Crippen LogP contribution in [0.25, 0.3) is 0 Å². The van der Waals surface area contributed by atoms with Crippen LogP contribution in [-0.2, 0) is 26.2 Å². The normalized spacial score (nSPS) is 16.6. The predicted octanol–water partition coefficient (Wildman–Crippen LogP) is 5.07. The Morgan fingerprint density at radius 2 is 1.85 bits per heavy atom. The number of sulfonamides is 1. The number of hydrogen-bond donors (Lipinski definition) is 1. The second-order valence-electron chi connectivity index (χ2n) is 9.27. The molecule has 1 fully saturated rings. The van der Waals surface area contributed by atoms with Crippen LogP contribution in [0.5, 0.6) is 5.75 Å². The fourth-order valence-electron chi connectivity index (χ4n) is 3.87. The van der Waals surface area contributed by atoms with Crippen molar-refractivity contribution < 1.29 is 22.7 Å². The van der Waals surface area contributed by atoms with Crippen LogP contribution in [0, 0.1) is 6.92 Å². The number of methoxy groups -OCH3 is 1. The molecule has 1 heterocycles. The van der Waals surface area contributed by atoms with Crippen LogP contribution >= 0.6 is 23.4 Å². The van der Waals surface area contributed by atoms with Gasteiger partial charge in [-0.25, -0.2) is 17.7 Å². The first-order chi connectivity index (χ1) is 19.0. The number of nitrogens with zero attached hydrogens (tertiary/aromatic N) is 3. The number of benzene rings is 3. The highest BCUT2D eigenvalue weighted by Gasteiger charge is 2.39. The molecule has 4 rings (SSSR count). The summed E-state index contributed by atoms with van der Waals surface area (Å²) >= 11 is 7.35. The lowest BCUT2D eigenvalue weighted by Gasteiger charge is -2.17. The number of thioether (sulfide) groups is 1. The molecule has 40 heavy (non-hydrogen) atoms. The Labute approximate surface area is 243 Å². The molecule has 210 valence electrons. The van der Waals surface area contributed by atoms with E-state index >= 15 is 0 Å². The summed E-state index contributed by atoms with van der Waals surface area (Å²) in [5.41, 5.74) is 2.64. The van der Waals surface area contributed by atoms with Gasteiger partial charge in [0.15, 0.2) is 5.17 Å². The van der Waals surface area contributed by atoms with E-state index in [0.29, 0.717) is 27.3 Å². The number of amidine groups is 1. The van der Waals surface area contributed by atoms with Crippen molar-refractivity contribution in [3.8, 4) is 5.75 Å². The number of ether oxygens (including phenoxy) is 1. The molecule has 9 nitrogen and oxygen atoms in total. The SMILES string of the molecule is COc1ccc(CN2C(=O)[C@@H](CC(=O)Nc3ccc(C)c(Cl)c3)SC2=Nc2cccc(S(=O)(=O)N(C)C)c2)cc1. The number of aliphatic imine (C=N–C) groups is 1. The molecular formula is C28H29ClN4O5S2. The number of nitrogens with one attached hydrogen (secondary N) is 1. The molecule has 1 aliphatic heterocycles. The maximum absolute atomic E-state index is 13.5. The van der Waals surface area contributed by atoms with Crippen LogP contribution in [0.1, 0.15) is 17.5 Å². The van der Waals surface area contributed by atoms with Gasteiger partial charge < -0.3 is 10.1 Å². The van der Waals surface area contributed by atoms with Crippen molar-refractivity contribution in [3.05, 3.63) is 82.9 Å². The molecule has 0 spiro atoms. The van der Waals surface area contributed by atoms with Gasteiger partial charge in [-0.15, -0.1) is 0 Å². The Balaban J connectivity index is 1.61. The van der Waals surface area contributed by atoms with Gasteiger partial charge in [0.05, 0.1) is 24.2 Å². The summed E-state index contributed by atoms with van der Waals surface area (Å²) in [6, 6.07) is 18.7. The number of carbonyl (C=O) groups is 2. The molecule has 1 N–H and O–H groups in total. The summed E-state index contributed by atoms with van der Waals surface area (Å²) in [6.07, 6.45) is -0.0812. The highest BCUT2D eigenvalue weighted by atomic mass is 35.5. The average molecular weight is 601 g/mol. The van der Waals surface area contributed by atoms with E-state index in [4.69, 9.17) is 16.3 Å². The maximum Gasteiger partial charge on any atom is 0.242 e. The monoisotopic (exact) mass is 600 g/mol. The lowest BCUT2D eigenvalue weighted by molar-refractivity contribution is -0.128. The van der Waals surface area contributed by atoms with Crippen molar-refractivity contribution in [1.29, 1.82) is 0 Å². The molecule has 0 bridgehead atoms. The van der Waals surface area contributed by atoms with Gasteiger partial charge in [-0.1, -0.05) is 47.6 Å². The smallest absolute Gasteiger partial charge is 0.242 e. The zero-order chi connectivity index (χ0) is 29.0. The number of rotatable bonds is 9. The predicted molar refractivity (Wildman–Crippen MR) is 159 cm³/mol. The lowest BCUT2D eigenvalue weighted by Crippen LogP contribution is -2.33. The number of halogens is 1. The largest absolute Gasteiger partial charge is 0.497 e. The van der Waals surface area contributed by atoms with Crippen LogP contribution in [0.4, 0.5) is 11.4 Å². The minimum absolute atomic E-state index is 0.0812. The zero-order valence-corrected chi connectivity index (χ0v) is 24.8. The van der Waals surface area contributed by atoms with Crippen molar-refractivity contribution in [2.45, 2.75) is 30.0 Å². The van der Waals surface area contributed by atoms with Gasteiger partial charge in [-0.05, 0) is 60.5 Å². The van der Waals surface area contributed by atoms with E-state index in [1.165, 1.54) is 42.9 Å². The van der Waals surface area contributed by atoms with Crippen molar-refractivity contribution in [2.75, 3.05) is 26.5 Å². The molecule has 1 aliphatic rings. The van der Waals surface area contributed by atoms with Gasteiger partial charge in [-0.3, -0.25) is 14.5 Å². The third kappa shape index (κ3) is 6.84. The second kappa shape index (κ2) is 12.4. The van der Waals surface area contributed by atoms with Crippen LogP contribution in [0.15, 0.2) is 76.6 Å². The first-order valence-corrected chi connectivity index (χ1v) is 15.0. The molecule has 0 saturated carbocycles. The van der Waals surface area contributed by atoms with E-state index < -0.39 is 15.3 Å². The van der Waals surface area contributed by atoms with Crippen molar-refractivity contribution in [1.82, 2.24) is 9.21 Å². The lowest BCUT2D eigenvalue weighted by atomic mass is 10.2. The van der Waals surface area contributed by atoms with Crippen molar-refractivity contribution in [3.63, 3.8) is 0 Å². The zero-order valence-electron chi connectivity index (χ0n) is 22.4.